The number of carbonyl (C=O) groups excluding carboxylic acids is 3. The first kappa shape index (κ1) is 83.9. The summed E-state index contributed by atoms with van der Waals surface area (Å²) in [4.78, 5) is 67.6. The molecule has 2 unspecified atom stereocenters. The number of alkyl halides is 2. The van der Waals surface area contributed by atoms with Gasteiger partial charge in [-0.15, -0.1) is 0 Å². The number of rotatable bonds is 22. The highest BCUT2D eigenvalue weighted by atomic mass is 35.5. The molecule has 0 bridgehead atoms. The number of piperazine rings is 2. The average Bonchev–Trinajstić information content (AvgIpc) is 0.821. The first-order chi connectivity index (χ1) is 53.4. The number of nitrogens with zero attached hydrogens (tertiary/aromatic N) is 10. The number of halogens is 8. The molecule has 17 nitrogen and oxygen atoms in total. The maximum Gasteiger partial charge on any atom is 0.488 e. The van der Waals surface area contributed by atoms with Gasteiger partial charge in [0.25, 0.3) is 0 Å². The molecule has 8 aromatic carbocycles. The Balaban J connectivity index is 0.000000171. The van der Waals surface area contributed by atoms with E-state index in [2.05, 4.69) is 50.0 Å². The number of nitrogen functional groups attached to an aromatic ring is 1. The van der Waals surface area contributed by atoms with E-state index in [0.717, 1.165) is 104 Å². The summed E-state index contributed by atoms with van der Waals surface area (Å²) in [6, 6.07) is 56.3. The Kier molecular flexibility index (Phi) is 31.4. The SMILES string of the molecule is C=CC(=O)Cc1cccc(-c2nc(Cl)ncc2Cc2cccc(F)c2)c1.C=CC(=O)Cc1cccc(-c2nc(Nc3cccc(N4CCN(C)C(F)C4)c3)ncc2Cc2cccc(F)c2)c1.C=CC(=O)Cc1cccc(B(O)O)c1.CN1CCN(c2cccc(N)c2)CC1F.Fc1cccc(Cc2cnc(Cl)nc2Cl)c1. The molecule has 2 atom stereocenters. The third-order valence-corrected chi connectivity index (χ3v) is 18.3. The summed E-state index contributed by atoms with van der Waals surface area (Å²) in [5, 5.41) is 21.6. The highest BCUT2D eigenvalue weighted by Gasteiger charge is 2.26. The quantitative estimate of drug-likeness (QED) is 0.00942. The van der Waals surface area contributed by atoms with Crippen molar-refractivity contribution in [2.45, 2.75) is 51.1 Å². The van der Waals surface area contributed by atoms with Crippen molar-refractivity contribution in [3.05, 3.63) is 334 Å². The zero-order valence-electron chi connectivity index (χ0n) is 61.0. The van der Waals surface area contributed by atoms with E-state index in [1.54, 1.807) is 85.0 Å². The molecule has 2 aliphatic rings. The lowest BCUT2D eigenvalue weighted by molar-refractivity contribution is -0.114. The zero-order valence-corrected chi connectivity index (χ0v) is 63.2. The van der Waals surface area contributed by atoms with Crippen LogP contribution in [-0.4, -0.2) is 140 Å². The van der Waals surface area contributed by atoms with Crippen LogP contribution in [0.15, 0.2) is 251 Å². The summed E-state index contributed by atoms with van der Waals surface area (Å²) in [6.07, 6.45) is 9.06. The summed E-state index contributed by atoms with van der Waals surface area (Å²) in [5.74, 6) is -0.682. The number of hydrogen-bond donors (Lipinski definition) is 4. The van der Waals surface area contributed by atoms with Gasteiger partial charge in [-0.25, -0.2) is 51.9 Å². The minimum Gasteiger partial charge on any atom is -0.423 e. The van der Waals surface area contributed by atoms with Crippen molar-refractivity contribution in [2.24, 2.45) is 0 Å². The molecule has 5 heterocycles. The van der Waals surface area contributed by atoms with E-state index in [-0.39, 0.29) is 64.6 Å². The lowest BCUT2D eigenvalue weighted by atomic mass is 9.79. The number of allylic oxidation sites excluding steroid dienone is 3. The van der Waals surface area contributed by atoms with Crippen LogP contribution in [0.5, 0.6) is 0 Å². The van der Waals surface area contributed by atoms with E-state index in [0.29, 0.717) is 66.8 Å². The van der Waals surface area contributed by atoms with Crippen molar-refractivity contribution in [1.82, 2.24) is 39.7 Å². The van der Waals surface area contributed by atoms with Gasteiger partial charge in [0, 0.05) is 134 Å². The Hall–Kier alpha value is -11.1. The molecule has 0 aliphatic carbocycles. The van der Waals surface area contributed by atoms with Gasteiger partial charge in [-0.3, -0.25) is 24.2 Å². The maximum atomic E-state index is 14.3. The van der Waals surface area contributed by atoms with Gasteiger partial charge in [-0.2, -0.15) is 0 Å². The predicted octanol–water partition coefficient (Wildman–Crippen LogP) is 15.3. The van der Waals surface area contributed by atoms with Gasteiger partial charge in [0.1, 0.15) is 22.6 Å². The molecule has 13 rings (SSSR count). The highest BCUT2D eigenvalue weighted by molar-refractivity contribution is 6.58. The highest BCUT2D eigenvalue weighted by Crippen LogP contribution is 2.31. The first-order valence-electron chi connectivity index (χ1n) is 35.2. The van der Waals surface area contributed by atoms with Gasteiger partial charge >= 0.3 is 7.12 Å². The number of nitrogens with two attached hydrogens (primary N) is 1. The fraction of sp³-hybridized carbons (Fsp3) is 0.188. The van der Waals surface area contributed by atoms with Gasteiger partial charge in [-0.1, -0.05) is 141 Å². The Morgan fingerprint density at radius 2 is 0.901 bits per heavy atom. The Morgan fingerprint density at radius 3 is 1.36 bits per heavy atom. The topological polar surface area (TPSA) is 220 Å². The number of anilines is 5. The van der Waals surface area contributed by atoms with Crippen molar-refractivity contribution in [3.8, 4) is 22.5 Å². The summed E-state index contributed by atoms with van der Waals surface area (Å²) < 4.78 is 68.1. The van der Waals surface area contributed by atoms with E-state index in [9.17, 15) is 36.3 Å². The zero-order chi connectivity index (χ0) is 79.5. The molecule has 2 aliphatic heterocycles. The minimum absolute atomic E-state index is 0.0529. The first-order valence-corrected chi connectivity index (χ1v) is 36.3. The van der Waals surface area contributed by atoms with Gasteiger partial charge in [0.15, 0.2) is 29.9 Å². The van der Waals surface area contributed by atoms with Crippen LogP contribution >= 0.6 is 34.8 Å². The Morgan fingerprint density at radius 1 is 0.495 bits per heavy atom. The number of hydrogen-bond acceptors (Lipinski definition) is 17. The third-order valence-electron chi connectivity index (χ3n) is 17.6. The van der Waals surface area contributed by atoms with E-state index in [1.807, 2.05) is 125 Å². The van der Waals surface area contributed by atoms with E-state index in [4.69, 9.17) is 55.6 Å². The minimum atomic E-state index is -1.49. The van der Waals surface area contributed by atoms with Gasteiger partial charge in [-0.05, 0) is 179 Å². The number of likely N-dealkylation sites (N-methyl/N-ethyl adjacent to an activating group) is 2. The van der Waals surface area contributed by atoms with Crippen molar-refractivity contribution in [2.75, 3.05) is 74.2 Å². The van der Waals surface area contributed by atoms with Crippen molar-refractivity contribution in [1.29, 1.82) is 0 Å². The average molecular weight is 1560 g/mol. The summed E-state index contributed by atoms with van der Waals surface area (Å²) >= 11 is 17.5. The van der Waals surface area contributed by atoms with E-state index in [1.165, 1.54) is 54.6 Å². The standard InChI is InChI=1S/C32H31F2N5O.C21H16ClFN2O.C11H7Cl2FN2.C11H16FN3.C10H11BO3/c1-3-29(40)18-23-7-4-9-24(15-23)31-25(16-22-8-5-10-26(33)17-22)20-35-32(37-31)36-27-11-6-12-28(19-27)39-14-13-38(2)30(34)21-39;1-2-19(26)12-15-5-3-7-16(9-15)20-17(13-24-21(22)25-20)10-14-6-4-8-18(23)11-14;12-10-8(6-15-11(13)16-10)4-7-2-1-3-9(14)5-7;1-14-5-6-15(8-11(14)12)10-4-2-3-9(13)7-10;1-2-10(12)7-8-4-3-5-9(6-8)11(13)14/h3-12,15,17,19-20,30H,1,13-14,16,18,21H2,2H3,(H,35,36,37);2-9,11,13H,1,10,12H2;1-3,5-6H,4H2;2-4,7,11H,5-6,8,13H2,1H3;2-6,13-14H,1,7H2. The monoisotopic (exact) mass is 1560 g/mol. The molecule has 0 amide bonds. The van der Waals surface area contributed by atoms with Crippen molar-refractivity contribution in [3.63, 3.8) is 0 Å². The second-order valence-electron chi connectivity index (χ2n) is 26.0. The van der Waals surface area contributed by atoms with Crippen LogP contribution in [-0.2, 0) is 52.9 Å². The van der Waals surface area contributed by atoms with Gasteiger partial charge < -0.3 is 30.9 Å². The van der Waals surface area contributed by atoms with Crippen LogP contribution in [0.3, 0.4) is 0 Å². The van der Waals surface area contributed by atoms with Crippen LogP contribution in [0.2, 0.25) is 15.7 Å². The molecular formula is C85H81BCl3F5N12O5. The number of aromatic nitrogens is 6. The van der Waals surface area contributed by atoms with Crippen LogP contribution < -0.4 is 26.3 Å². The summed E-state index contributed by atoms with van der Waals surface area (Å²) in [6.45, 7) is 14.1. The van der Waals surface area contributed by atoms with Crippen molar-refractivity contribution < 1.29 is 46.4 Å². The van der Waals surface area contributed by atoms with E-state index >= 15 is 0 Å². The molecule has 11 aromatic rings. The second-order valence-corrected chi connectivity index (χ2v) is 27.0. The molecule has 5 N–H and O–H groups in total. The molecule has 0 saturated carbocycles. The predicted molar refractivity (Wildman–Crippen MR) is 433 cm³/mol. The Labute approximate surface area is 657 Å². The molecule has 111 heavy (non-hydrogen) atoms. The maximum absolute atomic E-state index is 14.3. The third kappa shape index (κ3) is 26.3. The molecule has 2 saturated heterocycles. The molecule has 26 heteroatoms. The van der Waals surface area contributed by atoms with Crippen LogP contribution in [0.4, 0.5) is 50.6 Å². The number of ketones is 3. The second kappa shape index (κ2) is 41.6. The fourth-order valence-corrected chi connectivity index (χ4v) is 12.3. The molecule has 0 radical (unpaired) electrons. The summed E-state index contributed by atoms with van der Waals surface area (Å²) in [7, 11) is 2.11. The lowest BCUT2D eigenvalue weighted by Crippen LogP contribution is -2.49. The van der Waals surface area contributed by atoms with E-state index < -0.39 is 19.7 Å². The van der Waals surface area contributed by atoms with Gasteiger partial charge in [0.2, 0.25) is 16.5 Å². The molecule has 0 spiro atoms. The lowest BCUT2D eigenvalue weighted by Gasteiger charge is -2.36. The smallest absolute Gasteiger partial charge is 0.423 e. The van der Waals surface area contributed by atoms with Crippen LogP contribution in [0.25, 0.3) is 22.5 Å². The van der Waals surface area contributed by atoms with Crippen LogP contribution in [0.1, 0.15) is 50.1 Å². The molecule has 3 aromatic heterocycles. The Bertz CT molecular complexity index is 5050. The van der Waals surface area contributed by atoms with Crippen molar-refractivity contribution >= 4 is 93.4 Å². The summed E-state index contributed by atoms with van der Waals surface area (Å²) in [5.41, 5.74) is 19.8. The largest absolute Gasteiger partial charge is 0.488 e. The number of nitrogens with one attached hydrogen (secondary N) is 1. The number of benzene rings is 8. The number of carbonyl (C=O) groups is 3. The normalized spacial score (nSPS) is 13.9. The molecular weight excluding hydrogens is 1480 g/mol. The molecule has 2 fully saturated rings. The fourth-order valence-electron chi connectivity index (χ4n) is 11.8. The van der Waals surface area contributed by atoms with Gasteiger partial charge in [0.05, 0.1) is 24.5 Å². The van der Waals surface area contributed by atoms with Crippen LogP contribution in [0, 0.1) is 17.5 Å². The molecule has 570 valence electrons.